The van der Waals surface area contributed by atoms with Crippen molar-refractivity contribution in [1.29, 1.82) is 0 Å². The van der Waals surface area contributed by atoms with E-state index in [0.29, 0.717) is 0 Å². The minimum absolute atomic E-state index is 1.04. The number of benzene rings is 1. The van der Waals surface area contributed by atoms with Crippen molar-refractivity contribution in [2.75, 3.05) is 18.9 Å². The molecule has 0 bridgehead atoms. The van der Waals surface area contributed by atoms with Crippen molar-refractivity contribution in [1.82, 2.24) is 5.32 Å². The van der Waals surface area contributed by atoms with Gasteiger partial charge < -0.3 is 10.6 Å². The molecule has 0 amide bonds. The highest BCUT2D eigenvalue weighted by Crippen LogP contribution is 2.17. The standard InChI is InChI=1S/C15H22N2/c1-4-6-11-17-15-9-7-14(8-10-15)13(5-2)12-16-3/h5,7-10,12,16-17H,2,4,6,11H2,1,3H3/b13-12+. The lowest BCUT2D eigenvalue weighted by Gasteiger charge is -2.07. The summed E-state index contributed by atoms with van der Waals surface area (Å²) in [4.78, 5) is 0. The number of allylic oxidation sites excluding steroid dienone is 2. The van der Waals surface area contributed by atoms with Gasteiger partial charge in [-0.05, 0) is 29.7 Å². The molecule has 92 valence electrons. The molecule has 2 N–H and O–H groups in total. The van der Waals surface area contributed by atoms with Crippen molar-refractivity contribution in [3.63, 3.8) is 0 Å². The Balaban J connectivity index is 2.66. The van der Waals surface area contributed by atoms with Gasteiger partial charge in [0, 0.05) is 25.5 Å². The van der Waals surface area contributed by atoms with Gasteiger partial charge in [0.15, 0.2) is 0 Å². The maximum absolute atomic E-state index is 3.82. The average molecular weight is 230 g/mol. The van der Waals surface area contributed by atoms with E-state index in [-0.39, 0.29) is 0 Å². The summed E-state index contributed by atoms with van der Waals surface area (Å²) in [6, 6.07) is 8.44. The summed E-state index contributed by atoms with van der Waals surface area (Å²) >= 11 is 0. The van der Waals surface area contributed by atoms with Gasteiger partial charge in [-0.3, -0.25) is 0 Å². The van der Waals surface area contributed by atoms with Crippen molar-refractivity contribution >= 4 is 11.3 Å². The molecule has 1 aromatic rings. The van der Waals surface area contributed by atoms with Gasteiger partial charge in [0.1, 0.15) is 0 Å². The normalized spacial score (nSPS) is 11.1. The first-order valence-electron chi connectivity index (χ1n) is 6.16. The molecular formula is C15H22N2. The molecule has 0 unspecified atom stereocenters. The molecule has 0 heterocycles. The van der Waals surface area contributed by atoms with Crippen LogP contribution in [0.3, 0.4) is 0 Å². The van der Waals surface area contributed by atoms with Gasteiger partial charge in [-0.15, -0.1) is 0 Å². The maximum atomic E-state index is 3.82. The Labute approximate surface area is 104 Å². The van der Waals surface area contributed by atoms with Crippen LogP contribution in [0.25, 0.3) is 5.57 Å². The molecule has 2 heteroatoms. The first-order valence-corrected chi connectivity index (χ1v) is 6.16. The number of rotatable bonds is 7. The Morgan fingerprint density at radius 2 is 2.00 bits per heavy atom. The summed E-state index contributed by atoms with van der Waals surface area (Å²) in [6.45, 7) is 7.05. The molecule has 0 saturated heterocycles. The van der Waals surface area contributed by atoms with E-state index in [9.17, 15) is 0 Å². The highest BCUT2D eigenvalue weighted by atomic mass is 14.9. The number of anilines is 1. The Bertz CT molecular complexity index is 363. The summed E-state index contributed by atoms with van der Waals surface area (Å²) in [5, 5.41) is 6.43. The molecule has 0 fully saturated rings. The molecule has 0 atom stereocenters. The predicted molar refractivity (Wildman–Crippen MR) is 77.1 cm³/mol. The maximum Gasteiger partial charge on any atom is 0.0340 e. The fourth-order valence-electron chi connectivity index (χ4n) is 1.61. The second kappa shape index (κ2) is 7.55. The molecule has 0 spiro atoms. The fraction of sp³-hybridized carbons (Fsp3) is 0.333. The molecule has 17 heavy (non-hydrogen) atoms. The highest BCUT2D eigenvalue weighted by Gasteiger charge is 1.97. The highest BCUT2D eigenvalue weighted by molar-refractivity contribution is 5.74. The topological polar surface area (TPSA) is 24.1 Å². The van der Waals surface area contributed by atoms with Crippen LogP contribution in [0, 0.1) is 0 Å². The van der Waals surface area contributed by atoms with E-state index in [1.807, 2.05) is 19.3 Å². The van der Waals surface area contributed by atoms with E-state index >= 15 is 0 Å². The van der Waals surface area contributed by atoms with Crippen LogP contribution in [0.4, 0.5) is 5.69 Å². The molecule has 0 aliphatic heterocycles. The van der Waals surface area contributed by atoms with Crippen LogP contribution < -0.4 is 10.6 Å². The fourth-order valence-corrected chi connectivity index (χ4v) is 1.61. The Morgan fingerprint density at radius 3 is 2.53 bits per heavy atom. The van der Waals surface area contributed by atoms with Crippen LogP contribution in [0.1, 0.15) is 25.3 Å². The van der Waals surface area contributed by atoms with Gasteiger partial charge in [0.05, 0.1) is 0 Å². The second-order valence-corrected chi connectivity index (χ2v) is 3.95. The second-order valence-electron chi connectivity index (χ2n) is 3.95. The quantitative estimate of drug-likeness (QED) is 0.552. The van der Waals surface area contributed by atoms with Crippen LogP contribution in [0.2, 0.25) is 0 Å². The third-order valence-corrected chi connectivity index (χ3v) is 2.60. The zero-order valence-corrected chi connectivity index (χ0v) is 10.8. The predicted octanol–water partition coefficient (Wildman–Crippen LogP) is 3.64. The summed E-state index contributed by atoms with van der Waals surface area (Å²) in [6.07, 6.45) is 6.23. The lowest BCUT2D eigenvalue weighted by atomic mass is 10.1. The van der Waals surface area contributed by atoms with Crippen LogP contribution in [-0.2, 0) is 0 Å². The lowest BCUT2D eigenvalue weighted by molar-refractivity contribution is 0.834. The minimum atomic E-state index is 1.04. The zero-order valence-electron chi connectivity index (χ0n) is 10.8. The van der Waals surface area contributed by atoms with Crippen molar-refractivity contribution in [2.45, 2.75) is 19.8 Å². The number of hydrogen-bond acceptors (Lipinski definition) is 2. The van der Waals surface area contributed by atoms with Crippen molar-refractivity contribution < 1.29 is 0 Å². The lowest BCUT2D eigenvalue weighted by Crippen LogP contribution is -2.00. The van der Waals surface area contributed by atoms with Crippen molar-refractivity contribution in [2.24, 2.45) is 0 Å². The molecule has 0 aliphatic rings. The third kappa shape index (κ3) is 4.35. The molecule has 0 saturated carbocycles. The van der Waals surface area contributed by atoms with Crippen LogP contribution in [0.5, 0.6) is 0 Å². The van der Waals surface area contributed by atoms with Gasteiger partial charge in [-0.25, -0.2) is 0 Å². The van der Waals surface area contributed by atoms with Gasteiger partial charge in [0.2, 0.25) is 0 Å². The average Bonchev–Trinajstić information content (AvgIpc) is 2.37. The van der Waals surface area contributed by atoms with Crippen LogP contribution >= 0.6 is 0 Å². The van der Waals surface area contributed by atoms with E-state index in [0.717, 1.165) is 12.1 Å². The van der Waals surface area contributed by atoms with Crippen molar-refractivity contribution in [3.05, 3.63) is 48.7 Å². The van der Waals surface area contributed by atoms with Crippen LogP contribution in [-0.4, -0.2) is 13.6 Å². The molecule has 0 aromatic heterocycles. The monoisotopic (exact) mass is 230 g/mol. The smallest absolute Gasteiger partial charge is 0.0340 e. The Morgan fingerprint density at radius 1 is 1.29 bits per heavy atom. The molecule has 1 aromatic carbocycles. The Kier molecular flexibility index (Phi) is 5.94. The van der Waals surface area contributed by atoms with Gasteiger partial charge in [-0.1, -0.05) is 38.1 Å². The van der Waals surface area contributed by atoms with E-state index in [1.54, 1.807) is 0 Å². The Hall–Kier alpha value is -1.70. The summed E-state index contributed by atoms with van der Waals surface area (Å²) in [5.74, 6) is 0. The molecule has 0 aliphatic carbocycles. The van der Waals surface area contributed by atoms with E-state index in [4.69, 9.17) is 0 Å². The number of unbranched alkanes of at least 4 members (excludes halogenated alkanes) is 1. The SMILES string of the molecule is C=C/C(=C\NC)c1ccc(NCCCC)cc1. The molecule has 0 radical (unpaired) electrons. The van der Waals surface area contributed by atoms with Crippen LogP contribution in [0.15, 0.2) is 43.1 Å². The van der Waals surface area contributed by atoms with Gasteiger partial charge in [0.25, 0.3) is 0 Å². The molecule has 1 rings (SSSR count). The summed E-state index contributed by atoms with van der Waals surface area (Å²) < 4.78 is 0. The van der Waals surface area contributed by atoms with E-state index < -0.39 is 0 Å². The largest absolute Gasteiger partial charge is 0.393 e. The number of hydrogen-bond donors (Lipinski definition) is 2. The molecular weight excluding hydrogens is 208 g/mol. The summed E-state index contributed by atoms with van der Waals surface area (Å²) in [7, 11) is 1.89. The van der Waals surface area contributed by atoms with Crippen molar-refractivity contribution in [3.8, 4) is 0 Å². The van der Waals surface area contributed by atoms with E-state index in [2.05, 4.69) is 48.4 Å². The van der Waals surface area contributed by atoms with Gasteiger partial charge in [-0.2, -0.15) is 0 Å². The first-order chi connectivity index (χ1) is 8.31. The minimum Gasteiger partial charge on any atom is -0.393 e. The zero-order chi connectivity index (χ0) is 12.5. The molecule has 2 nitrogen and oxygen atoms in total. The first kappa shape index (κ1) is 13.4. The van der Waals surface area contributed by atoms with E-state index in [1.165, 1.54) is 24.1 Å². The number of nitrogens with one attached hydrogen (secondary N) is 2. The van der Waals surface area contributed by atoms with Gasteiger partial charge >= 0.3 is 0 Å². The summed E-state index contributed by atoms with van der Waals surface area (Å²) in [5.41, 5.74) is 3.46. The third-order valence-electron chi connectivity index (χ3n) is 2.60.